The lowest BCUT2D eigenvalue weighted by Crippen LogP contribution is -2.11. The number of nitrogens with zero attached hydrogens (tertiary/aromatic N) is 1. The van der Waals surface area contributed by atoms with Gasteiger partial charge in [0, 0.05) is 18.5 Å². The van der Waals surface area contributed by atoms with Crippen LogP contribution in [0.5, 0.6) is 0 Å². The highest BCUT2D eigenvalue weighted by atomic mass is 16.4. The van der Waals surface area contributed by atoms with E-state index < -0.39 is 11.9 Å². The van der Waals surface area contributed by atoms with Crippen molar-refractivity contribution in [1.29, 1.82) is 0 Å². The minimum atomic E-state index is -1.09. The SMILES string of the molecule is O=C(/C=C\c1cccnc1)Nc1ccccc1C(=O)O. The molecule has 5 nitrogen and oxygen atoms in total. The molecule has 0 aliphatic heterocycles. The number of para-hydroxylation sites is 1. The molecular weight excluding hydrogens is 256 g/mol. The van der Waals surface area contributed by atoms with Crippen LogP contribution in [0.1, 0.15) is 15.9 Å². The smallest absolute Gasteiger partial charge is 0.337 e. The number of carbonyl (C=O) groups is 2. The van der Waals surface area contributed by atoms with Crippen LogP contribution in [0.25, 0.3) is 6.08 Å². The van der Waals surface area contributed by atoms with Crippen LogP contribution in [0.4, 0.5) is 5.69 Å². The van der Waals surface area contributed by atoms with Gasteiger partial charge in [0.15, 0.2) is 0 Å². The maximum Gasteiger partial charge on any atom is 0.337 e. The zero-order chi connectivity index (χ0) is 14.4. The van der Waals surface area contributed by atoms with E-state index in [0.29, 0.717) is 0 Å². The zero-order valence-electron chi connectivity index (χ0n) is 10.5. The van der Waals surface area contributed by atoms with Crippen molar-refractivity contribution in [3.05, 3.63) is 66.0 Å². The second-order valence-electron chi connectivity index (χ2n) is 3.96. The molecule has 0 saturated carbocycles. The number of benzene rings is 1. The number of anilines is 1. The third-order valence-corrected chi connectivity index (χ3v) is 2.53. The number of aromatic carboxylic acids is 1. The summed E-state index contributed by atoms with van der Waals surface area (Å²) >= 11 is 0. The number of hydrogen-bond acceptors (Lipinski definition) is 3. The van der Waals surface area contributed by atoms with Crippen LogP contribution < -0.4 is 5.32 Å². The fourth-order valence-corrected chi connectivity index (χ4v) is 1.60. The molecule has 1 aromatic carbocycles. The van der Waals surface area contributed by atoms with Crippen molar-refractivity contribution < 1.29 is 14.7 Å². The average Bonchev–Trinajstić information content (AvgIpc) is 2.46. The Hall–Kier alpha value is -2.95. The summed E-state index contributed by atoms with van der Waals surface area (Å²) in [7, 11) is 0. The molecule has 1 aromatic heterocycles. The molecule has 0 spiro atoms. The van der Waals surface area contributed by atoms with Crippen LogP contribution in [0.2, 0.25) is 0 Å². The van der Waals surface area contributed by atoms with E-state index in [9.17, 15) is 9.59 Å². The van der Waals surface area contributed by atoms with Crippen molar-refractivity contribution in [2.75, 3.05) is 5.32 Å². The van der Waals surface area contributed by atoms with Gasteiger partial charge >= 0.3 is 5.97 Å². The van der Waals surface area contributed by atoms with E-state index in [1.165, 1.54) is 12.1 Å². The number of nitrogens with one attached hydrogen (secondary N) is 1. The summed E-state index contributed by atoms with van der Waals surface area (Å²) in [4.78, 5) is 26.7. The molecule has 1 amide bonds. The first kappa shape index (κ1) is 13.5. The highest BCUT2D eigenvalue weighted by molar-refractivity contribution is 6.05. The van der Waals surface area contributed by atoms with Crippen molar-refractivity contribution in [2.24, 2.45) is 0 Å². The maximum atomic E-state index is 11.7. The Morgan fingerprint density at radius 3 is 2.65 bits per heavy atom. The number of pyridine rings is 1. The third-order valence-electron chi connectivity index (χ3n) is 2.53. The predicted molar refractivity (Wildman–Crippen MR) is 75.3 cm³/mol. The lowest BCUT2D eigenvalue weighted by molar-refractivity contribution is -0.111. The molecule has 0 bridgehead atoms. The Balaban J connectivity index is 2.09. The monoisotopic (exact) mass is 268 g/mol. The lowest BCUT2D eigenvalue weighted by Gasteiger charge is -2.05. The van der Waals surface area contributed by atoms with Gasteiger partial charge in [-0.25, -0.2) is 4.79 Å². The fraction of sp³-hybridized carbons (Fsp3) is 0. The first-order valence-electron chi connectivity index (χ1n) is 5.88. The molecule has 1 heterocycles. The zero-order valence-corrected chi connectivity index (χ0v) is 10.5. The normalized spacial score (nSPS) is 10.4. The molecule has 0 radical (unpaired) electrons. The average molecular weight is 268 g/mol. The minimum Gasteiger partial charge on any atom is -0.478 e. The molecule has 5 heteroatoms. The maximum absolute atomic E-state index is 11.7. The second kappa shape index (κ2) is 6.29. The first-order chi connectivity index (χ1) is 9.66. The molecule has 0 fully saturated rings. The van der Waals surface area contributed by atoms with Gasteiger partial charge in [-0.05, 0) is 29.8 Å². The molecule has 2 aromatic rings. The van der Waals surface area contributed by atoms with Gasteiger partial charge in [0.2, 0.25) is 5.91 Å². The summed E-state index contributed by atoms with van der Waals surface area (Å²) in [5.74, 6) is -1.49. The van der Waals surface area contributed by atoms with E-state index in [2.05, 4.69) is 10.3 Å². The van der Waals surface area contributed by atoms with Gasteiger partial charge in [-0.15, -0.1) is 0 Å². The van der Waals surface area contributed by atoms with Crippen LogP contribution in [-0.2, 0) is 4.79 Å². The summed E-state index contributed by atoms with van der Waals surface area (Å²) in [6, 6.07) is 9.80. The highest BCUT2D eigenvalue weighted by Crippen LogP contribution is 2.14. The van der Waals surface area contributed by atoms with Gasteiger partial charge in [0.05, 0.1) is 11.3 Å². The molecule has 0 saturated heterocycles. The van der Waals surface area contributed by atoms with Crippen molar-refractivity contribution in [1.82, 2.24) is 4.98 Å². The predicted octanol–water partition coefficient (Wildman–Crippen LogP) is 2.43. The molecule has 20 heavy (non-hydrogen) atoms. The Kier molecular flexibility index (Phi) is 4.24. The molecule has 100 valence electrons. The Labute approximate surface area is 115 Å². The van der Waals surface area contributed by atoms with E-state index in [1.54, 1.807) is 42.7 Å². The molecule has 0 atom stereocenters. The number of carboxylic acid groups (broad SMARTS) is 1. The van der Waals surface area contributed by atoms with Crippen molar-refractivity contribution in [3.63, 3.8) is 0 Å². The van der Waals surface area contributed by atoms with Gasteiger partial charge in [-0.2, -0.15) is 0 Å². The summed E-state index contributed by atoms with van der Waals surface area (Å²) in [6.07, 6.45) is 6.19. The number of rotatable bonds is 4. The van der Waals surface area contributed by atoms with Crippen molar-refractivity contribution in [2.45, 2.75) is 0 Å². The van der Waals surface area contributed by atoms with Crippen LogP contribution in [0.3, 0.4) is 0 Å². The van der Waals surface area contributed by atoms with Crippen LogP contribution in [0, 0.1) is 0 Å². The first-order valence-corrected chi connectivity index (χ1v) is 5.88. The van der Waals surface area contributed by atoms with Gasteiger partial charge in [-0.1, -0.05) is 18.2 Å². The summed E-state index contributed by atoms with van der Waals surface area (Å²) < 4.78 is 0. The van der Waals surface area contributed by atoms with Crippen molar-refractivity contribution in [3.8, 4) is 0 Å². The van der Waals surface area contributed by atoms with E-state index in [1.807, 2.05) is 6.07 Å². The standard InChI is InChI=1S/C15H12N2O3/c18-14(8-7-11-4-3-9-16-10-11)17-13-6-2-1-5-12(13)15(19)20/h1-10H,(H,17,18)(H,19,20)/b8-7-. The van der Waals surface area contributed by atoms with E-state index in [0.717, 1.165) is 5.56 Å². The van der Waals surface area contributed by atoms with Crippen LogP contribution in [0.15, 0.2) is 54.9 Å². The Morgan fingerprint density at radius 1 is 1.15 bits per heavy atom. The van der Waals surface area contributed by atoms with Gasteiger partial charge in [0.1, 0.15) is 0 Å². The number of aromatic nitrogens is 1. The van der Waals surface area contributed by atoms with Crippen LogP contribution in [-0.4, -0.2) is 22.0 Å². The number of amides is 1. The quantitative estimate of drug-likeness (QED) is 0.835. The largest absolute Gasteiger partial charge is 0.478 e. The summed E-state index contributed by atoms with van der Waals surface area (Å²) in [6.45, 7) is 0. The molecule has 0 aliphatic carbocycles. The Bertz CT molecular complexity index is 651. The Morgan fingerprint density at radius 2 is 1.95 bits per heavy atom. The molecule has 2 rings (SSSR count). The van der Waals surface area contributed by atoms with Gasteiger partial charge < -0.3 is 10.4 Å². The van der Waals surface area contributed by atoms with E-state index in [-0.39, 0.29) is 11.3 Å². The second-order valence-corrected chi connectivity index (χ2v) is 3.96. The third kappa shape index (κ3) is 3.52. The fourth-order valence-electron chi connectivity index (χ4n) is 1.60. The number of carbonyl (C=O) groups excluding carboxylic acids is 1. The van der Waals surface area contributed by atoms with E-state index >= 15 is 0 Å². The molecular formula is C15H12N2O3. The minimum absolute atomic E-state index is 0.0515. The number of hydrogen-bond donors (Lipinski definition) is 2. The van der Waals surface area contributed by atoms with Gasteiger partial charge in [-0.3, -0.25) is 9.78 Å². The molecule has 0 unspecified atom stereocenters. The lowest BCUT2D eigenvalue weighted by atomic mass is 10.2. The van der Waals surface area contributed by atoms with Crippen molar-refractivity contribution >= 4 is 23.6 Å². The summed E-state index contributed by atoms with van der Waals surface area (Å²) in [5, 5.41) is 11.5. The molecule has 2 N–H and O–H groups in total. The van der Waals surface area contributed by atoms with Crippen LogP contribution >= 0.6 is 0 Å². The van der Waals surface area contributed by atoms with Gasteiger partial charge in [0.25, 0.3) is 0 Å². The topological polar surface area (TPSA) is 79.3 Å². The highest BCUT2D eigenvalue weighted by Gasteiger charge is 2.09. The molecule has 0 aliphatic rings. The van der Waals surface area contributed by atoms with E-state index in [4.69, 9.17) is 5.11 Å². The summed E-state index contributed by atoms with van der Waals surface area (Å²) in [5.41, 5.74) is 1.10. The number of carboxylic acids is 1.